The summed E-state index contributed by atoms with van der Waals surface area (Å²) in [6.45, 7) is 2.61. The molecule has 0 aliphatic rings. The quantitative estimate of drug-likeness (QED) is 0.862. The normalized spacial score (nSPS) is 12.1. The standard InChI is InChI=1S/C15H19ClN4O/c1-11(18-10-14-17-6-7-20(14)2)8-15(21)19-13-5-3-4-12(16)9-13/h3-7,9,11,18H,8,10H2,1-2H3,(H,19,21)/t11-/m1/s1. The molecule has 1 atom stereocenters. The number of hydrogen-bond acceptors (Lipinski definition) is 3. The van der Waals surface area contributed by atoms with Gasteiger partial charge in [0.25, 0.3) is 0 Å². The van der Waals surface area contributed by atoms with E-state index in [1.165, 1.54) is 0 Å². The zero-order valence-corrected chi connectivity index (χ0v) is 12.9. The Bertz CT molecular complexity index is 611. The molecule has 2 rings (SSSR count). The molecule has 0 bridgehead atoms. The van der Waals surface area contributed by atoms with Crippen LogP contribution in [0.4, 0.5) is 5.69 Å². The topological polar surface area (TPSA) is 59.0 Å². The highest BCUT2D eigenvalue weighted by atomic mass is 35.5. The number of imidazole rings is 1. The van der Waals surface area contributed by atoms with Crippen LogP contribution in [-0.2, 0) is 18.4 Å². The van der Waals surface area contributed by atoms with Crippen LogP contribution in [0.2, 0.25) is 5.02 Å². The predicted octanol–water partition coefficient (Wildman–Crippen LogP) is 2.58. The van der Waals surface area contributed by atoms with Crippen LogP contribution in [0.3, 0.4) is 0 Å². The van der Waals surface area contributed by atoms with Crippen molar-refractivity contribution in [3.63, 3.8) is 0 Å². The van der Waals surface area contributed by atoms with E-state index in [9.17, 15) is 4.79 Å². The number of carbonyl (C=O) groups excluding carboxylic acids is 1. The van der Waals surface area contributed by atoms with Gasteiger partial charge >= 0.3 is 0 Å². The average Bonchev–Trinajstić information content (AvgIpc) is 2.81. The smallest absolute Gasteiger partial charge is 0.225 e. The van der Waals surface area contributed by atoms with Gasteiger partial charge in [0.1, 0.15) is 5.82 Å². The number of nitrogens with one attached hydrogen (secondary N) is 2. The monoisotopic (exact) mass is 306 g/mol. The van der Waals surface area contributed by atoms with Crippen LogP contribution >= 0.6 is 11.6 Å². The van der Waals surface area contributed by atoms with Crippen molar-refractivity contribution in [2.45, 2.75) is 25.9 Å². The number of carbonyl (C=O) groups is 1. The van der Waals surface area contributed by atoms with E-state index in [0.717, 1.165) is 5.82 Å². The third-order valence-corrected chi connectivity index (χ3v) is 3.36. The number of aryl methyl sites for hydroxylation is 1. The zero-order valence-electron chi connectivity index (χ0n) is 12.1. The molecule has 0 saturated carbocycles. The molecule has 1 amide bonds. The van der Waals surface area contributed by atoms with Crippen LogP contribution in [0.1, 0.15) is 19.2 Å². The Labute approximate surface area is 129 Å². The number of nitrogens with zero attached hydrogens (tertiary/aromatic N) is 2. The van der Waals surface area contributed by atoms with Gasteiger partial charge in [-0.1, -0.05) is 17.7 Å². The molecule has 0 aliphatic carbocycles. The number of benzene rings is 1. The van der Waals surface area contributed by atoms with Crippen LogP contribution in [-0.4, -0.2) is 21.5 Å². The maximum absolute atomic E-state index is 11.9. The first-order valence-corrected chi connectivity index (χ1v) is 7.17. The summed E-state index contributed by atoms with van der Waals surface area (Å²) in [6, 6.07) is 7.18. The lowest BCUT2D eigenvalue weighted by Crippen LogP contribution is -2.31. The largest absolute Gasteiger partial charge is 0.337 e. The van der Waals surface area contributed by atoms with Crippen LogP contribution in [0.5, 0.6) is 0 Å². The van der Waals surface area contributed by atoms with Gasteiger partial charge in [-0.3, -0.25) is 4.79 Å². The lowest BCUT2D eigenvalue weighted by atomic mass is 10.2. The van der Waals surface area contributed by atoms with Crippen molar-refractivity contribution in [3.8, 4) is 0 Å². The molecule has 21 heavy (non-hydrogen) atoms. The highest BCUT2D eigenvalue weighted by Crippen LogP contribution is 2.15. The molecule has 1 aromatic heterocycles. The first kappa shape index (κ1) is 15.5. The highest BCUT2D eigenvalue weighted by Gasteiger charge is 2.10. The summed E-state index contributed by atoms with van der Waals surface area (Å²) in [4.78, 5) is 16.2. The van der Waals surface area contributed by atoms with Crippen molar-refractivity contribution in [1.29, 1.82) is 0 Å². The average molecular weight is 307 g/mol. The molecule has 6 heteroatoms. The fourth-order valence-electron chi connectivity index (χ4n) is 1.96. The van der Waals surface area contributed by atoms with Crippen LogP contribution in [0.15, 0.2) is 36.7 Å². The summed E-state index contributed by atoms with van der Waals surface area (Å²) in [5.74, 6) is 0.897. The van der Waals surface area contributed by atoms with E-state index in [4.69, 9.17) is 11.6 Å². The van der Waals surface area contributed by atoms with E-state index in [0.29, 0.717) is 23.7 Å². The number of halogens is 1. The minimum atomic E-state index is -0.0443. The third kappa shape index (κ3) is 4.88. The van der Waals surface area contributed by atoms with Gasteiger partial charge in [0, 0.05) is 42.6 Å². The molecule has 0 spiro atoms. The molecule has 0 fully saturated rings. The number of hydrogen-bond donors (Lipinski definition) is 2. The molecule has 0 aliphatic heterocycles. The molecule has 0 radical (unpaired) electrons. The van der Waals surface area contributed by atoms with E-state index in [1.54, 1.807) is 24.4 Å². The van der Waals surface area contributed by atoms with Crippen molar-refractivity contribution in [2.75, 3.05) is 5.32 Å². The van der Waals surface area contributed by atoms with Gasteiger partial charge in [-0.05, 0) is 25.1 Å². The van der Waals surface area contributed by atoms with Crippen LogP contribution in [0.25, 0.3) is 0 Å². The van der Waals surface area contributed by atoms with E-state index < -0.39 is 0 Å². The second kappa shape index (κ2) is 7.24. The number of anilines is 1. The van der Waals surface area contributed by atoms with Crippen LogP contribution in [0, 0.1) is 0 Å². The summed E-state index contributed by atoms with van der Waals surface area (Å²) < 4.78 is 1.95. The maximum Gasteiger partial charge on any atom is 0.225 e. The summed E-state index contributed by atoms with van der Waals surface area (Å²) >= 11 is 5.88. The molecule has 1 heterocycles. The molecular weight excluding hydrogens is 288 g/mol. The fourth-order valence-corrected chi connectivity index (χ4v) is 2.15. The Hall–Kier alpha value is -1.85. The Kier molecular flexibility index (Phi) is 5.36. The third-order valence-electron chi connectivity index (χ3n) is 3.13. The van der Waals surface area contributed by atoms with Gasteiger partial charge in [0.2, 0.25) is 5.91 Å². The minimum Gasteiger partial charge on any atom is -0.337 e. The first-order chi connectivity index (χ1) is 10.0. The summed E-state index contributed by atoms with van der Waals surface area (Å²) in [5.41, 5.74) is 0.712. The maximum atomic E-state index is 11.9. The highest BCUT2D eigenvalue weighted by molar-refractivity contribution is 6.30. The van der Waals surface area contributed by atoms with E-state index in [2.05, 4.69) is 15.6 Å². The lowest BCUT2D eigenvalue weighted by molar-refractivity contribution is -0.116. The van der Waals surface area contributed by atoms with Gasteiger partial charge in [-0.2, -0.15) is 0 Å². The van der Waals surface area contributed by atoms with Crippen LogP contribution < -0.4 is 10.6 Å². The Morgan fingerprint density at radius 1 is 1.48 bits per heavy atom. The van der Waals surface area contributed by atoms with E-state index in [-0.39, 0.29) is 11.9 Å². The van der Waals surface area contributed by atoms with E-state index >= 15 is 0 Å². The molecule has 2 aromatic rings. The van der Waals surface area contributed by atoms with Crippen molar-refractivity contribution < 1.29 is 4.79 Å². The van der Waals surface area contributed by atoms with Crippen molar-refractivity contribution in [2.24, 2.45) is 7.05 Å². The molecule has 112 valence electrons. The number of aromatic nitrogens is 2. The molecule has 5 nitrogen and oxygen atoms in total. The second-order valence-corrected chi connectivity index (χ2v) is 5.44. The Morgan fingerprint density at radius 3 is 2.95 bits per heavy atom. The molecule has 0 unspecified atom stereocenters. The van der Waals surface area contributed by atoms with Gasteiger partial charge in [0.05, 0.1) is 6.54 Å². The molecule has 0 saturated heterocycles. The van der Waals surface area contributed by atoms with E-state index in [1.807, 2.05) is 30.8 Å². The molecular formula is C15H19ClN4O. The SMILES string of the molecule is C[C@H](CC(=O)Nc1cccc(Cl)c1)NCc1nccn1C. The summed E-state index contributed by atoms with van der Waals surface area (Å²) in [7, 11) is 1.94. The van der Waals surface area contributed by atoms with Gasteiger partial charge in [-0.15, -0.1) is 0 Å². The first-order valence-electron chi connectivity index (χ1n) is 6.79. The predicted molar refractivity (Wildman–Crippen MR) is 84.2 cm³/mol. The Balaban J connectivity index is 1.78. The Morgan fingerprint density at radius 2 is 2.29 bits per heavy atom. The fraction of sp³-hybridized carbons (Fsp3) is 0.333. The van der Waals surface area contributed by atoms with Gasteiger partial charge < -0.3 is 15.2 Å². The van der Waals surface area contributed by atoms with Crippen molar-refractivity contribution in [3.05, 3.63) is 47.5 Å². The summed E-state index contributed by atoms with van der Waals surface area (Å²) in [5, 5.41) is 6.72. The second-order valence-electron chi connectivity index (χ2n) is 5.00. The minimum absolute atomic E-state index is 0.0443. The number of amides is 1. The van der Waals surface area contributed by atoms with Gasteiger partial charge in [-0.25, -0.2) is 4.98 Å². The molecule has 1 aromatic carbocycles. The van der Waals surface area contributed by atoms with Crippen molar-refractivity contribution in [1.82, 2.24) is 14.9 Å². The number of rotatable bonds is 6. The van der Waals surface area contributed by atoms with Gasteiger partial charge in [0.15, 0.2) is 0 Å². The molecule has 2 N–H and O–H groups in total. The van der Waals surface area contributed by atoms with Crippen molar-refractivity contribution >= 4 is 23.2 Å². The zero-order chi connectivity index (χ0) is 15.2. The summed E-state index contributed by atoms with van der Waals surface area (Å²) in [6.07, 6.45) is 4.04. The lowest BCUT2D eigenvalue weighted by Gasteiger charge is -2.13.